The predicted molar refractivity (Wildman–Crippen MR) is 131 cm³/mol. The normalized spacial score (nSPS) is 15.8. The summed E-state index contributed by atoms with van der Waals surface area (Å²) in [6, 6.07) is 9.06. The minimum atomic E-state index is -1.09. The number of carbonyl (C=O) groups is 3. The van der Waals surface area contributed by atoms with Gasteiger partial charge in [0.2, 0.25) is 0 Å². The Morgan fingerprint density at radius 1 is 0.857 bits per heavy atom. The molecule has 0 bridgehead atoms. The van der Waals surface area contributed by atoms with Gasteiger partial charge in [0.15, 0.2) is 5.78 Å². The molecule has 1 amide bonds. The molecule has 0 unspecified atom stereocenters. The van der Waals surface area contributed by atoms with Crippen LogP contribution in [0, 0.1) is 5.82 Å². The van der Waals surface area contributed by atoms with E-state index in [4.69, 9.17) is 4.74 Å². The number of anilines is 2. The number of piperazine rings is 1. The van der Waals surface area contributed by atoms with Crippen LogP contribution >= 0.6 is 0 Å². The number of rotatable bonds is 5. The Kier molecular flexibility index (Phi) is 8.78. The Labute approximate surface area is 203 Å². The Morgan fingerprint density at radius 2 is 1.43 bits per heavy atom. The molecule has 0 aliphatic carbocycles. The average Bonchev–Trinajstić information content (AvgIpc) is 2.89. The minimum absolute atomic E-state index is 0.0571. The second-order valence-electron chi connectivity index (χ2n) is 8.14. The van der Waals surface area contributed by atoms with Crippen LogP contribution in [0.4, 0.5) is 15.8 Å². The zero-order valence-corrected chi connectivity index (χ0v) is 20.0. The zero-order valence-electron chi connectivity index (χ0n) is 20.0. The molecule has 0 spiro atoms. The molecule has 2 aromatic rings. The standard InChI is InChI=1S/C24H26FN3O5.CH5N/c1-16(29)17-2-5-22(20(25)15-17)26-6-8-28(9-7-26)23(30)19-14-18(24(31)32)3-4-21(19)27-10-12-33-13-11-27;1-2/h2-5,14-15H,6-13H2,1H3,(H,31,32);2H2,1H3. The number of nitrogens with two attached hydrogens (primary N) is 1. The molecule has 0 saturated carbocycles. The van der Waals surface area contributed by atoms with Crippen molar-refractivity contribution in [3.8, 4) is 0 Å². The van der Waals surface area contributed by atoms with Crippen molar-refractivity contribution in [2.24, 2.45) is 5.73 Å². The van der Waals surface area contributed by atoms with Gasteiger partial charge in [-0.15, -0.1) is 0 Å². The first-order valence-corrected chi connectivity index (χ1v) is 11.5. The number of halogens is 1. The van der Waals surface area contributed by atoms with Crippen LogP contribution in [0.25, 0.3) is 0 Å². The van der Waals surface area contributed by atoms with E-state index in [1.807, 2.05) is 9.80 Å². The zero-order chi connectivity index (χ0) is 25.5. The lowest BCUT2D eigenvalue weighted by atomic mass is 10.0. The molecular formula is C25H31FN4O5. The summed E-state index contributed by atoms with van der Waals surface area (Å²) in [5, 5.41) is 9.42. The molecule has 2 saturated heterocycles. The summed E-state index contributed by atoms with van der Waals surface area (Å²) >= 11 is 0. The van der Waals surface area contributed by atoms with Gasteiger partial charge in [-0.05, 0) is 50.4 Å². The van der Waals surface area contributed by atoms with E-state index in [9.17, 15) is 23.9 Å². The van der Waals surface area contributed by atoms with Gasteiger partial charge in [0.1, 0.15) is 5.82 Å². The molecule has 2 fully saturated rings. The number of amides is 1. The number of hydrogen-bond acceptors (Lipinski definition) is 7. The summed E-state index contributed by atoms with van der Waals surface area (Å²) in [6.07, 6.45) is 0. The van der Waals surface area contributed by atoms with Crippen molar-refractivity contribution in [1.82, 2.24) is 4.90 Å². The lowest BCUT2D eigenvalue weighted by molar-refractivity contribution is 0.0696. The van der Waals surface area contributed by atoms with Crippen molar-refractivity contribution < 1.29 is 28.6 Å². The number of carbonyl (C=O) groups excluding carboxylic acids is 2. The first kappa shape index (κ1) is 26.1. The van der Waals surface area contributed by atoms with E-state index in [0.29, 0.717) is 75.0 Å². The first-order valence-electron chi connectivity index (χ1n) is 11.5. The highest BCUT2D eigenvalue weighted by Gasteiger charge is 2.28. The van der Waals surface area contributed by atoms with Crippen LogP contribution in [0.1, 0.15) is 38.0 Å². The van der Waals surface area contributed by atoms with Crippen molar-refractivity contribution >= 4 is 29.0 Å². The summed E-state index contributed by atoms with van der Waals surface area (Å²) in [4.78, 5) is 42.0. The maximum atomic E-state index is 14.5. The molecule has 2 aliphatic rings. The smallest absolute Gasteiger partial charge is 0.335 e. The van der Waals surface area contributed by atoms with E-state index >= 15 is 0 Å². The number of morpholine rings is 1. The summed E-state index contributed by atoms with van der Waals surface area (Å²) < 4.78 is 19.9. The van der Waals surface area contributed by atoms with Crippen molar-refractivity contribution in [2.45, 2.75) is 6.92 Å². The molecule has 35 heavy (non-hydrogen) atoms. The summed E-state index contributed by atoms with van der Waals surface area (Å²) in [6.45, 7) is 5.30. The third-order valence-corrected chi connectivity index (χ3v) is 6.09. The molecule has 2 heterocycles. The van der Waals surface area contributed by atoms with Gasteiger partial charge in [-0.1, -0.05) is 0 Å². The molecule has 188 valence electrons. The number of Topliss-reactive ketones (excluding diaryl/α,β-unsaturated/α-hetero) is 1. The fourth-order valence-electron chi connectivity index (χ4n) is 4.22. The van der Waals surface area contributed by atoms with E-state index in [1.54, 1.807) is 23.1 Å². The fraction of sp³-hybridized carbons (Fsp3) is 0.400. The third kappa shape index (κ3) is 5.95. The van der Waals surface area contributed by atoms with Gasteiger partial charge in [0, 0.05) is 50.5 Å². The Balaban J connectivity index is 0.00000167. The lowest BCUT2D eigenvalue weighted by Crippen LogP contribution is -2.49. The number of carboxylic acids is 1. The number of carboxylic acid groups (broad SMARTS) is 1. The molecule has 2 aromatic carbocycles. The van der Waals surface area contributed by atoms with Crippen LogP contribution in [-0.4, -0.2) is 87.2 Å². The molecule has 3 N–H and O–H groups in total. The molecule has 10 heteroatoms. The van der Waals surface area contributed by atoms with Gasteiger partial charge in [-0.3, -0.25) is 9.59 Å². The predicted octanol–water partition coefficient (Wildman–Crippen LogP) is 2.10. The van der Waals surface area contributed by atoms with Gasteiger partial charge in [0.25, 0.3) is 5.91 Å². The van der Waals surface area contributed by atoms with Crippen LogP contribution in [0.3, 0.4) is 0 Å². The highest BCUT2D eigenvalue weighted by Crippen LogP contribution is 2.27. The topological polar surface area (TPSA) is 116 Å². The van der Waals surface area contributed by atoms with Crippen molar-refractivity contribution in [3.05, 3.63) is 58.9 Å². The maximum Gasteiger partial charge on any atom is 0.335 e. The molecule has 9 nitrogen and oxygen atoms in total. The SMILES string of the molecule is CC(=O)c1ccc(N2CCN(C(=O)c3cc(C(=O)O)ccc3N3CCOCC3)CC2)c(F)c1.CN. The number of ether oxygens (including phenoxy) is 1. The summed E-state index contributed by atoms with van der Waals surface area (Å²) in [5.41, 5.74) is 6.32. The monoisotopic (exact) mass is 486 g/mol. The quantitative estimate of drug-likeness (QED) is 0.618. The molecule has 0 atom stereocenters. The van der Waals surface area contributed by atoms with Gasteiger partial charge >= 0.3 is 5.97 Å². The van der Waals surface area contributed by atoms with E-state index < -0.39 is 11.8 Å². The van der Waals surface area contributed by atoms with E-state index in [2.05, 4.69) is 5.73 Å². The van der Waals surface area contributed by atoms with Crippen LogP contribution in [0.15, 0.2) is 36.4 Å². The lowest BCUT2D eigenvalue weighted by Gasteiger charge is -2.37. The van der Waals surface area contributed by atoms with Gasteiger partial charge in [-0.25, -0.2) is 9.18 Å². The Morgan fingerprint density at radius 3 is 2.00 bits per heavy atom. The molecule has 0 aromatic heterocycles. The van der Waals surface area contributed by atoms with E-state index in [0.717, 1.165) is 0 Å². The number of benzene rings is 2. The minimum Gasteiger partial charge on any atom is -0.478 e. The third-order valence-electron chi connectivity index (χ3n) is 6.09. The second kappa shape index (κ2) is 11.8. The van der Waals surface area contributed by atoms with Crippen LogP contribution in [-0.2, 0) is 4.74 Å². The first-order chi connectivity index (χ1) is 16.8. The second-order valence-corrected chi connectivity index (χ2v) is 8.14. The number of aromatic carboxylic acids is 1. The number of nitrogens with zero attached hydrogens (tertiary/aromatic N) is 3. The highest BCUT2D eigenvalue weighted by molar-refractivity contribution is 6.02. The van der Waals surface area contributed by atoms with E-state index in [1.165, 1.54) is 32.2 Å². The summed E-state index contributed by atoms with van der Waals surface area (Å²) in [5.74, 6) is -2.00. The molecule has 4 rings (SSSR count). The van der Waals surface area contributed by atoms with Crippen LogP contribution in [0.5, 0.6) is 0 Å². The van der Waals surface area contributed by atoms with E-state index in [-0.39, 0.29) is 17.3 Å². The maximum absolute atomic E-state index is 14.5. The fourth-order valence-corrected chi connectivity index (χ4v) is 4.22. The van der Waals surface area contributed by atoms with Crippen molar-refractivity contribution in [1.29, 1.82) is 0 Å². The highest BCUT2D eigenvalue weighted by atomic mass is 19.1. The number of ketones is 1. The molecule has 0 radical (unpaired) electrons. The Bertz CT molecular complexity index is 1080. The molecular weight excluding hydrogens is 455 g/mol. The van der Waals surface area contributed by atoms with Gasteiger partial charge in [-0.2, -0.15) is 0 Å². The van der Waals surface area contributed by atoms with Gasteiger partial charge < -0.3 is 30.3 Å². The van der Waals surface area contributed by atoms with Crippen molar-refractivity contribution in [2.75, 3.05) is 69.3 Å². The Hall–Kier alpha value is -3.50. The largest absolute Gasteiger partial charge is 0.478 e. The van der Waals surface area contributed by atoms with Crippen LogP contribution < -0.4 is 15.5 Å². The van der Waals surface area contributed by atoms with Crippen LogP contribution in [0.2, 0.25) is 0 Å². The summed E-state index contributed by atoms with van der Waals surface area (Å²) in [7, 11) is 1.50. The van der Waals surface area contributed by atoms with Crippen molar-refractivity contribution in [3.63, 3.8) is 0 Å². The van der Waals surface area contributed by atoms with Gasteiger partial charge in [0.05, 0.1) is 30.0 Å². The molecule has 2 aliphatic heterocycles. The average molecular weight is 487 g/mol. The number of hydrogen-bond donors (Lipinski definition) is 2.